The summed E-state index contributed by atoms with van der Waals surface area (Å²) in [4.78, 5) is 14.6. The number of rotatable bonds is 3. The summed E-state index contributed by atoms with van der Waals surface area (Å²) in [6.45, 7) is 6.33. The van der Waals surface area contributed by atoms with Gasteiger partial charge in [-0.1, -0.05) is 24.3 Å². The Hall–Kier alpha value is -3.79. The number of carboxylic acids is 1. The average Bonchev–Trinajstić information content (AvgIpc) is 3.39. The SMILES string of the molecule is Cc1cc(C)c2oc(-c3ccc(-c4ccc5cc(C(=O)O)ccc5c4)[nH]3)cc2c1C. The summed E-state index contributed by atoms with van der Waals surface area (Å²) in [5, 5.41) is 12.2. The van der Waals surface area contributed by atoms with Gasteiger partial charge in [-0.3, -0.25) is 0 Å². The van der Waals surface area contributed by atoms with E-state index in [4.69, 9.17) is 4.42 Å². The first kappa shape index (κ1) is 18.3. The molecule has 3 aromatic carbocycles. The Balaban J connectivity index is 1.55. The normalized spacial score (nSPS) is 11.4. The van der Waals surface area contributed by atoms with E-state index in [-0.39, 0.29) is 0 Å². The molecule has 0 aliphatic carbocycles. The molecule has 0 aliphatic rings. The maximum absolute atomic E-state index is 11.2. The van der Waals surface area contributed by atoms with E-state index in [0.29, 0.717) is 5.56 Å². The van der Waals surface area contributed by atoms with Crippen molar-refractivity contribution >= 4 is 27.7 Å². The highest BCUT2D eigenvalue weighted by atomic mass is 16.4. The van der Waals surface area contributed by atoms with Gasteiger partial charge in [-0.15, -0.1) is 0 Å². The molecule has 0 spiro atoms. The van der Waals surface area contributed by atoms with Crippen molar-refractivity contribution in [3.8, 4) is 22.7 Å². The number of aromatic amines is 1. The standard InChI is InChI=1S/C26H21NO3/c1-14-10-15(2)25-21(16(14)3)13-24(30-25)23-9-8-22(27-23)19-6-4-18-12-20(26(28)29)7-5-17(18)11-19/h4-13,27H,1-3H3,(H,28,29). The van der Waals surface area contributed by atoms with Gasteiger partial charge in [-0.05, 0) is 90.2 Å². The number of hydrogen-bond donors (Lipinski definition) is 2. The smallest absolute Gasteiger partial charge is 0.335 e. The first-order valence-electron chi connectivity index (χ1n) is 9.88. The second-order valence-electron chi connectivity index (χ2n) is 7.86. The molecule has 0 saturated heterocycles. The minimum atomic E-state index is -0.915. The van der Waals surface area contributed by atoms with Crippen LogP contribution in [0.5, 0.6) is 0 Å². The molecule has 2 aromatic heterocycles. The fourth-order valence-corrected chi connectivity index (χ4v) is 4.06. The highest BCUT2D eigenvalue weighted by molar-refractivity contribution is 5.95. The van der Waals surface area contributed by atoms with E-state index < -0.39 is 5.97 Å². The Bertz CT molecular complexity index is 1450. The molecule has 0 atom stereocenters. The molecule has 0 fully saturated rings. The van der Waals surface area contributed by atoms with E-state index in [1.807, 2.05) is 30.3 Å². The van der Waals surface area contributed by atoms with Crippen LogP contribution in [0, 0.1) is 20.8 Å². The van der Waals surface area contributed by atoms with E-state index in [1.54, 1.807) is 12.1 Å². The van der Waals surface area contributed by atoms with Crippen LogP contribution < -0.4 is 0 Å². The molecule has 0 aliphatic heterocycles. The van der Waals surface area contributed by atoms with Crippen LogP contribution in [-0.4, -0.2) is 16.1 Å². The molecule has 2 heterocycles. The lowest BCUT2D eigenvalue weighted by Crippen LogP contribution is -1.95. The molecule has 2 N–H and O–H groups in total. The monoisotopic (exact) mass is 395 g/mol. The van der Waals surface area contributed by atoms with Crippen molar-refractivity contribution in [2.45, 2.75) is 20.8 Å². The zero-order valence-corrected chi connectivity index (χ0v) is 17.0. The molecule has 4 nitrogen and oxygen atoms in total. The van der Waals surface area contributed by atoms with Gasteiger partial charge in [-0.2, -0.15) is 0 Å². The van der Waals surface area contributed by atoms with E-state index >= 15 is 0 Å². The van der Waals surface area contributed by atoms with Crippen LogP contribution >= 0.6 is 0 Å². The minimum Gasteiger partial charge on any atom is -0.478 e. The number of fused-ring (bicyclic) bond motifs is 2. The summed E-state index contributed by atoms with van der Waals surface area (Å²) in [6.07, 6.45) is 0. The molecule has 4 heteroatoms. The number of furan rings is 1. The number of nitrogens with one attached hydrogen (secondary N) is 1. The number of H-pyrrole nitrogens is 1. The van der Waals surface area contributed by atoms with Crippen molar-refractivity contribution in [3.05, 3.63) is 82.9 Å². The number of carboxylic acid groups (broad SMARTS) is 1. The fourth-order valence-electron chi connectivity index (χ4n) is 4.06. The van der Waals surface area contributed by atoms with E-state index in [9.17, 15) is 9.90 Å². The van der Waals surface area contributed by atoms with Crippen LogP contribution in [0.2, 0.25) is 0 Å². The summed E-state index contributed by atoms with van der Waals surface area (Å²) in [5.74, 6) is -0.0959. The summed E-state index contributed by atoms with van der Waals surface area (Å²) in [7, 11) is 0. The number of hydrogen-bond acceptors (Lipinski definition) is 2. The lowest BCUT2D eigenvalue weighted by atomic mass is 10.0. The fraction of sp³-hybridized carbons (Fsp3) is 0.115. The molecular weight excluding hydrogens is 374 g/mol. The van der Waals surface area contributed by atoms with Crippen molar-refractivity contribution in [3.63, 3.8) is 0 Å². The predicted molar refractivity (Wildman–Crippen MR) is 120 cm³/mol. The number of carbonyl (C=O) groups is 1. The Morgan fingerprint density at radius 1 is 0.833 bits per heavy atom. The molecule has 148 valence electrons. The van der Waals surface area contributed by atoms with Gasteiger partial charge >= 0.3 is 5.97 Å². The third-order valence-electron chi connectivity index (χ3n) is 5.87. The van der Waals surface area contributed by atoms with Crippen molar-refractivity contribution in [1.82, 2.24) is 4.98 Å². The Labute approximate surface area is 173 Å². The van der Waals surface area contributed by atoms with Crippen molar-refractivity contribution < 1.29 is 14.3 Å². The predicted octanol–water partition coefficient (Wildman–Crippen LogP) is 6.87. The van der Waals surface area contributed by atoms with Gasteiger partial charge in [0, 0.05) is 11.1 Å². The van der Waals surface area contributed by atoms with Crippen LogP contribution in [0.25, 0.3) is 44.5 Å². The Morgan fingerprint density at radius 3 is 2.37 bits per heavy atom. The van der Waals surface area contributed by atoms with E-state index in [0.717, 1.165) is 50.0 Å². The Kier molecular flexibility index (Phi) is 4.03. The number of aromatic carboxylic acids is 1. The van der Waals surface area contributed by atoms with Gasteiger partial charge in [-0.25, -0.2) is 4.79 Å². The highest BCUT2D eigenvalue weighted by Gasteiger charge is 2.14. The molecule has 5 rings (SSSR count). The van der Waals surface area contributed by atoms with Gasteiger partial charge in [0.25, 0.3) is 0 Å². The molecule has 0 saturated carbocycles. The van der Waals surface area contributed by atoms with Gasteiger partial charge < -0.3 is 14.5 Å². The van der Waals surface area contributed by atoms with Crippen molar-refractivity contribution in [1.29, 1.82) is 0 Å². The number of aryl methyl sites for hydroxylation is 3. The molecule has 0 unspecified atom stereocenters. The van der Waals surface area contributed by atoms with Gasteiger partial charge in [0.05, 0.1) is 11.3 Å². The lowest BCUT2D eigenvalue weighted by Gasteiger charge is -2.04. The number of aromatic nitrogens is 1. The first-order valence-corrected chi connectivity index (χ1v) is 9.88. The first-order chi connectivity index (χ1) is 14.4. The summed E-state index contributed by atoms with van der Waals surface area (Å²) in [5.41, 5.74) is 7.83. The molecule has 30 heavy (non-hydrogen) atoms. The minimum absolute atomic E-state index is 0.295. The molecule has 0 bridgehead atoms. The van der Waals surface area contributed by atoms with Gasteiger partial charge in [0.2, 0.25) is 0 Å². The third-order valence-corrected chi connectivity index (χ3v) is 5.87. The van der Waals surface area contributed by atoms with Gasteiger partial charge in [0.15, 0.2) is 5.76 Å². The molecule has 0 amide bonds. The van der Waals surface area contributed by atoms with Gasteiger partial charge in [0.1, 0.15) is 5.58 Å². The number of benzene rings is 3. The largest absolute Gasteiger partial charge is 0.478 e. The molecule has 5 aromatic rings. The maximum atomic E-state index is 11.2. The summed E-state index contributed by atoms with van der Waals surface area (Å²) < 4.78 is 6.19. The quantitative estimate of drug-likeness (QED) is 0.350. The average molecular weight is 395 g/mol. The molecule has 0 radical (unpaired) electrons. The topological polar surface area (TPSA) is 66.2 Å². The van der Waals surface area contributed by atoms with Crippen molar-refractivity contribution in [2.24, 2.45) is 0 Å². The summed E-state index contributed by atoms with van der Waals surface area (Å²) >= 11 is 0. The maximum Gasteiger partial charge on any atom is 0.335 e. The zero-order valence-electron chi connectivity index (χ0n) is 17.0. The highest BCUT2D eigenvalue weighted by Crippen LogP contribution is 2.34. The second-order valence-corrected chi connectivity index (χ2v) is 7.86. The molecular formula is C26H21NO3. The Morgan fingerprint density at radius 2 is 1.57 bits per heavy atom. The van der Waals surface area contributed by atoms with E-state index in [1.165, 1.54) is 11.1 Å². The zero-order chi connectivity index (χ0) is 21.0. The lowest BCUT2D eigenvalue weighted by molar-refractivity contribution is 0.0697. The second kappa shape index (κ2) is 6.63. The van der Waals surface area contributed by atoms with Crippen molar-refractivity contribution in [2.75, 3.05) is 0 Å². The van der Waals surface area contributed by atoms with Crippen LogP contribution in [0.4, 0.5) is 0 Å². The van der Waals surface area contributed by atoms with Crippen LogP contribution in [0.15, 0.2) is 65.1 Å². The van der Waals surface area contributed by atoms with Crippen LogP contribution in [-0.2, 0) is 0 Å². The summed E-state index contributed by atoms with van der Waals surface area (Å²) in [6, 6.07) is 19.5. The van der Waals surface area contributed by atoms with E-state index in [2.05, 4.69) is 44.0 Å². The van der Waals surface area contributed by atoms with Crippen LogP contribution in [0.3, 0.4) is 0 Å². The third kappa shape index (κ3) is 2.89. The van der Waals surface area contributed by atoms with Crippen LogP contribution in [0.1, 0.15) is 27.0 Å².